The van der Waals surface area contributed by atoms with Crippen LogP contribution in [0.25, 0.3) is 27.5 Å². The molecule has 2 aromatic heterocycles. The molecule has 10 heteroatoms. The van der Waals surface area contributed by atoms with E-state index in [2.05, 4.69) is 5.10 Å². The van der Waals surface area contributed by atoms with Gasteiger partial charge in [0, 0.05) is 36.1 Å². The molecule has 0 aliphatic rings. The molecule has 0 unspecified atom stereocenters. The number of para-hydroxylation sites is 1. The van der Waals surface area contributed by atoms with Crippen molar-refractivity contribution in [3.05, 3.63) is 94.4 Å². The van der Waals surface area contributed by atoms with E-state index < -0.39 is 23.2 Å². The van der Waals surface area contributed by atoms with Crippen LogP contribution in [-0.4, -0.2) is 34.4 Å². The molecule has 1 amide bonds. The molecule has 2 heterocycles. The molecule has 0 bridgehead atoms. The zero-order chi connectivity index (χ0) is 26.5. The van der Waals surface area contributed by atoms with Crippen molar-refractivity contribution in [1.82, 2.24) is 14.3 Å². The van der Waals surface area contributed by atoms with Gasteiger partial charge in [-0.15, -0.1) is 0 Å². The molecule has 0 aliphatic carbocycles. The molecule has 0 atom stereocenters. The number of halogens is 3. The van der Waals surface area contributed by atoms with Crippen molar-refractivity contribution in [2.24, 2.45) is 7.05 Å². The Kier molecular flexibility index (Phi) is 5.74. The van der Waals surface area contributed by atoms with E-state index in [9.17, 15) is 22.8 Å². The van der Waals surface area contributed by atoms with Gasteiger partial charge < -0.3 is 14.2 Å². The molecule has 5 rings (SSSR count). The van der Waals surface area contributed by atoms with E-state index in [0.29, 0.717) is 27.7 Å². The molecule has 5 aromatic rings. The molecular weight excluding hydrogens is 485 g/mol. The molecule has 188 valence electrons. The first-order valence-electron chi connectivity index (χ1n) is 11.2. The zero-order valence-corrected chi connectivity index (χ0v) is 20.1. The van der Waals surface area contributed by atoms with Gasteiger partial charge >= 0.3 is 6.18 Å². The highest BCUT2D eigenvalue weighted by Crippen LogP contribution is 2.33. The number of fused-ring (bicyclic) bond motifs is 3. The number of carbonyl (C=O) groups is 1. The smallest absolute Gasteiger partial charge is 0.416 e. The highest BCUT2D eigenvalue weighted by molar-refractivity contribution is 6.20. The van der Waals surface area contributed by atoms with E-state index >= 15 is 0 Å². The summed E-state index contributed by atoms with van der Waals surface area (Å²) >= 11 is 0. The Bertz CT molecular complexity index is 1720. The van der Waals surface area contributed by atoms with Crippen molar-refractivity contribution in [2.75, 3.05) is 19.1 Å². The van der Waals surface area contributed by atoms with E-state index in [1.165, 1.54) is 26.3 Å². The number of hydrogen-bond donors (Lipinski definition) is 0. The second-order valence-corrected chi connectivity index (χ2v) is 8.48. The van der Waals surface area contributed by atoms with Gasteiger partial charge in [-0.1, -0.05) is 24.3 Å². The van der Waals surface area contributed by atoms with Crippen molar-refractivity contribution in [2.45, 2.75) is 6.18 Å². The fraction of sp³-hybridized carbons (Fsp3) is 0.148. The predicted molar refractivity (Wildman–Crippen MR) is 135 cm³/mol. The molecule has 0 saturated heterocycles. The minimum Gasteiger partial charge on any atom is -0.497 e. The summed E-state index contributed by atoms with van der Waals surface area (Å²) in [6.45, 7) is 0. The van der Waals surface area contributed by atoms with Gasteiger partial charge in [-0.3, -0.25) is 9.59 Å². The number of aromatic nitrogens is 3. The largest absolute Gasteiger partial charge is 0.497 e. The normalized spacial score (nSPS) is 11.7. The van der Waals surface area contributed by atoms with Gasteiger partial charge in [-0.2, -0.15) is 23.0 Å². The van der Waals surface area contributed by atoms with Crippen molar-refractivity contribution in [3.63, 3.8) is 0 Å². The van der Waals surface area contributed by atoms with Crippen molar-refractivity contribution in [1.29, 1.82) is 0 Å². The number of hydrogen-bond acceptors (Lipinski definition) is 4. The summed E-state index contributed by atoms with van der Waals surface area (Å²) in [6, 6.07) is 18.2. The lowest BCUT2D eigenvalue weighted by Gasteiger charge is -2.19. The van der Waals surface area contributed by atoms with E-state index in [4.69, 9.17) is 4.74 Å². The van der Waals surface area contributed by atoms with Gasteiger partial charge in [0.1, 0.15) is 11.3 Å². The van der Waals surface area contributed by atoms with Crippen LogP contribution in [0.3, 0.4) is 0 Å². The minimum absolute atomic E-state index is 0.0391. The lowest BCUT2D eigenvalue weighted by Crippen LogP contribution is -2.32. The molecule has 0 N–H and O–H groups in total. The topological polar surface area (TPSA) is 69.4 Å². The Balaban J connectivity index is 1.77. The van der Waals surface area contributed by atoms with Crippen molar-refractivity contribution < 1.29 is 22.7 Å². The summed E-state index contributed by atoms with van der Waals surface area (Å²) in [6.07, 6.45) is -4.57. The number of benzene rings is 3. The third kappa shape index (κ3) is 4.00. The van der Waals surface area contributed by atoms with Crippen LogP contribution >= 0.6 is 0 Å². The monoisotopic (exact) mass is 506 g/mol. The Morgan fingerprint density at radius 2 is 1.70 bits per heavy atom. The third-order valence-electron chi connectivity index (χ3n) is 6.32. The number of carbonyl (C=O) groups excluding carboxylic acids is 1. The van der Waals surface area contributed by atoms with Crippen LogP contribution in [0.1, 0.15) is 16.1 Å². The van der Waals surface area contributed by atoms with Crippen LogP contribution in [0.2, 0.25) is 0 Å². The fourth-order valence-electron chi connectivity index (χ4n) is 4.39. The first-order chi connectivity index (χ1) is 17.6. The Hall–Kier alpha value is -4.60. The lowest BCUT2D eigenvalue weighted by molar-refractivity contribution is -0.137. The van der Waals surface area contributed by atoms with Gasteiger partial charge in [0.25, 0.3) is 11.5 Å². The predicted octanol–water partition coefficient (Wildman–Crippen LogP) is 5.18. The Morgan fingerprint density at radius 1 is 1.00 bits per heavy atom. The highest BCUT2D eigenvalue weighted by atomic mass is 19.4. The Morgan fingerprint density at radius 3 is 2.38 bits per heavy atom. The summed E-state index contributed by atoms with van der Waals surface area (Å²) in [5.41, 5.74) is -0.00575. The average Bonchev–Trinajstić information content (AvgIpc) is 3.21. The molecule has 0 fully saturated rings. The van der Waals surface area contributed by atoms with Gasteiger partial charge in [0.2, 0.25) is 0 Å². The van der Waals surface area contributed by atoms with Crippen LogP contribution in [0.4, 0.5) is 18.9 Å². The van der Waals surface area contributed by atoms with Crippen LogP contribution in [0, 0.1) is 0 Å². The average molecular weight is 506 g/mol. The summed E-state index contributed by atoms with van der Waals surface area (Å²) < 4.78 is 47.9. The molecular formula is C27H21F3N4O3. The summed E-state index contributed by atoms with van der Waals surface area (Å²) in [5, 5.41) is 5.41. The maximum absolute atomic E-state index is 13.8. The number of methoxy groups -OCH3 is 1. The number of amides is 1. The van der Waals surface area contributed by atoms with E-state index in [1.807, 2.05) is 12.1 Å². The number of alkyl halides is 3. The van der Waals surface area contributed by atoms with E-state index in [1.54, 1.807) is 48.0 Å². The highest BCUT2D eigenvalue weighted by Gasteiger charge is 2.32. The minimum atomic E-state index is -4.57. The molecule has 37 heavy (non-hydrogen) atoms. The van der Waals surface area contributed by atoms with E-state index in [-0.39, 0.29) is 16.9 Å². The van der Waals surface area contributed by atoms with Crippen LogP contribution in [0.15, 0.2) is 77.6 Å². The van der Waals surface area contributed by atoms with E-state index in [0.717, 1.165) is 21.7 Å². The number of aryl methyl sites for hydroxylation is 1. The van der Waals surface area contributed by atoms with Crippen LogP contribution in [-0.2, 0) is 13.2 Å². The number of nitrogens with zero attached hydrogens (tertiary/aromatic N) is 4. The first-order valence-corrected chi connectivity index (χ1v) is 11.2. The third-order valence-corrected chi connectivity index (χ3v) is 6.32. The molecule has 0 spiro atoms. The quantitative estimate of drug-likeness (QED) is 0.337. The fourth-order valence-corrected chi connectivity index (χ4v) is 4.39. The van der Waals surface area contributed by atoms with Crippen molar-refractivity contribution >= 4 is 33.4 Å². The summed E-state index contributed by atoms with van der Waals surface area (Å²) in [5.74, 6) is -0.0917. The molecule has 0 aliphatic heterocycles. The Labute approximate surface area is 208 Å². The second kappa shape index (κ2) is 8.81. The second-order valence-electron chi connectivity index (χ2n) is 8.48. The first kappa shape index (κ1) is 24.1. The molecule has 7 nitrogen and oxygen atoms in total. The lowest BCUT2D eigenvalue weighted by atomic mass is 10.1. The zero-order valence-electron chi connectivity index (χ0n) is 20.1. The van der Waals surface area contributed by atoms with Gasteiger partial charge in [0.05, 0.1) is 18.4 Å². The summed E-state index contributed by atoms with van der Waals surface area (Å²) in [4.78, 5) is 28.5. The standard InChI is InChI=1S/C27H21F3N4O3/c1-32(18-8-6-7-16(15-18)27(28,29)30)25(35)23-22-20-9-4-5-10-21(20)33(2)24(22)26(36)34(31-23)17-11-13-19(37-3)14-12-17/h4-15H,1-3H3. The SMILES string of the molecule is COc1ccc(-n2nc(C(=O)N(C)c3cccc(C(F)(F)F)c3)c3c4ccccc4n(C)c3c2=O)cc1. The number of anilines is 1. The van der Waals surface area contributed by atoms with Crippen LogP contribution < -0.4 is 15.2 Å². The molecule has 3 aromatic carbocycles. The maximum Gasteiger partial charge on any atom is 0.416 e. The summed E-state index contributed by atoms with van der Waals surface area (Å²) in [7, 11) is 4.61. The molecule has 0 saturated carbocycles. The maximum atomic E-state index is 13.8. The number of ether oxygens (including phenoxy) is 1. The van der Waals surface area contributed by atoms with Gasteiger partial charge in [0.15, 0.2) is 5.69 Å². The van der Waals surface area contributed by atoms with Crippen LogP contribution in [0.5, 0.6) is 5.75 Å². The van der Waals surface area contributed by atoms with Crippen molar-refractivity contribution in [3.8, 4) is 11.4 Å². The van der Waals surface area contributed by atoms with Gasteiger partial charge in [-0.25, -0.2) is 0 Å². The van der Waals surface area contributed by atoms with Gasteiger partial charge in [-0.05, 0) is 48.5 Å². The number of rotatable bonds is 4. The molecule has 0 radical (unpaired) electrons.